The molecule has 9 heavy (non-hydrogen) atoms. The van der Waals surface area contributed by atoms with Crippen LogP contribution < -0.4 is 0 Å². The van der Waals surface area contributed by atoms with Crippen molar-refractivity contribution in [1.82, 2.24) is 0 Å². The van der Waals surface area contributed by atoms with Crippen molar-refractivity contribution in [3.63, 3.8) is 0 Å². The maximum absolute atomic E-state index is 10.1. The first-order valence-electron chi connectivity index (χ1n) is 2.72. The molecule has 0 aliphatic carbocycles. The fourth-order valence-corrected chi connectivity index (χ4v) is 2.25. The van der Waals surface area contributed by atoms with E-state index in [2.05, 4.69) is 6.66 Å². The second kappa shape index (κ2) is 2.44. The Labute approximate surface area is 54.7 Å². The Balaban J connectivity index is 2.55. The molecule has 50 valence electrons. The fourth-order valence-electron chi connectivity index (χ4n) is 0.799. The van der Waals surface area contributed by atoms with Crippen LogP contribution in [0.4, 0.5) is 0 Å². The summed E-state index contributed by atoms with van der Waals surface area (Å²) in [5, 5.41) is 10.1. The minimum absolute atomic E-state index is 0.0710. The predicted molar refractivity (Wildman–Crippen MR) is 37.7 cm³/mol. The van der Waals surface area contributed by atoms with Crippen LogP contribution in [0.1, 0.15) is 0 Å². The van der Waals surface area contributed by atoms with E-state index in [-0.39, 0.29) is 12.8 Å². The summed E-state index contributed by atoms with van der Waals surface area (Å²) in [5.41, 5.74) is 0.420. The van der Waals surface area contributed by atoms with E-state index in [1.54, 1.807) is 6.08 Å². The number of nitro groups is 1. The van der Waals surface area contributed by atoms with Crippen LogP contribution in [0.15, 0.2) is 11.8 Å². The molecule has 0 bridgehead atoms. The highest BCUT2D eigenvalue weighted by Crippen LogP contribution is 2.38. The van der Waals surface area contributed by atoms with Gasteiger partial charge in [-0.05, 0) is 18.9 Å². The van der Waals surface area contributed by atoms with Crippen LogP contribution in [0, 0.1) is 10.1 Å². The molecule has 0 saturated carbocycles. The van der Waals surface area contributed by atoms with E-state index in [1.165, 1.54) is 0 Å². The first-order chi connectivity index (χ1) is 4.20. The van der Waals surface area contributed by atoms with Gasteiger partial charge in [0.25, 0.3) is 0 Å². The Morgan fingerprint density at radius 3 is 2.78 bits per heavy atom. The molecule has 1 atom stereocenters. The molecule has 0 aromatic rings. The van der Waals surface area contributed by atoms with Gasteiger partial charge in [0.1, 0.15) is 0 Å². The Morgan fingerprint density at radius 2 is 2.56 bits per heavy atom. The second-order valence-corrected chi connectivity index (χ2v) is 4.54. The van der Waals surface area contributed by atoms with E-state index in [9.17, 15) is 10.1 Å². The fraction of sp³-hybridized carbons (Fsp3) is 0.600. The van der Waals surface area contributed by atoms with Gasteiger partial charge in [-0.2, -0.15) is 0 Å². The summed E-state index contributed by atoms with van der Waals surface area (Å²) in [6, 6.07) is 0. The highest BCUT2D eigenvalue weighted by molar-refractivity contribution is 7.57. The topological polar surface area (TPSA) is 43.1 Å². The van der Waals surface area contributed by atoms with Crippen molar-refractivity contribution < 1.29 is 4.92 Å². The summed E-state index contributed by atoms with van der Waals surface area (Å²) in [4.78, 5) is 9.82. The molecule has 1 aliphatic rings. The molecular weight excluding hydrogens is 137 g/mol. The third-order valence-electron chi connectivity index (χ3n) is 1.31. The third kappa shape index (κ3) is 1.49. The Hall–Kier alpha value is -0.430. The van der Waals surface area contributed by atoms with Gasteiger partial charge >= 0.3 is 0 Å². The molecule has 0 spiro atoms. The molecular formula is C5H8NO2P. The summed E-state index contributed by atoms with van der Waals surface area (Å²) in [5.74, 6) is 0. The second-order valence-electron chi connectivity index (χ2n) is 2.15. The summed E-state index contributed by atoms with van der Waals surface area (Å²) < 4.78 is 0. The van der Waals surface area contributed by atoms with Crippen LogP contribution >= 0.6 is 7.92 Å². The van der Waals surface area contributed by atoms with Crippen molar-refractivity contribution >= 4 is 7.92 Å². The lowest BCUT2D eigenvalue weighted by molar-refractivity contribution is -0.423. The van der Waals surface area contributed by atoms with Gasteiger partial charge in [0.2, 0.25) is 5.70 Å². The van der Waals surface area contributed by atoms with Gasteiger partial charge in [0.15, 0.2) is 0 Å². The van der Waals surface area contributed by atoms with E-state index in [0.29, 0.717) is 11.9 Å². The van der Waals surface area contributed by atoms with Crippen molar-refractivity contribution in [1.29, 1.82) is 0 Å². The van der Waals surface area contributed by atoms with Gasteiger partial charge in [-0.1, -0.05) is 7.92 Å². The first kappa shape index (κ1) is 6.69. The maximum Gasteiger partial charge on any atom is 0.246 e. The highest BCUT2D eigenvalue weighted by atomic mass is 31.1. The van der Waals surface area contributed by atoms with Crippen molar-refractivity contribution in [3.05, 3.63) is 21.9 Å². The Kier molecular flexibility index (Phi) is 1.81. The van der Waals surface area contributed by atoms with E-state index >= 15 is 0 Å². The van der Waals surface area contributed by atoms with Crippen molar-refractivity contribution in [3.8, 4) is 0 Å². The van der Waals surface area contributed by atoms with Crippen molar-refractivity contribution in [2.24, 2.45) is 0 Å². The summed E-state index contributed by atoms with van der Waals surface area (Å²) in [6.07, 6.45) is 3.39. The molecule has 0 fully saturated rings. The van der Waals surface area contributed by atoms with Gasteiger partial charge in [0, 0.05) is 0 Å². The lowest BCUT2D eigenvalue weighted by atomic mass is 10.5. The van der Waals surface area contributed by atoms with Crippen LogP contribution in [0.25, 0.3) is 0 Å². The summed E-state index contributed by atoms with van der Waals surface area (Å²) in [7, 11) is -0.0710. The van der Waals surface area contributed by atoms with Crippen LogP contribution in [0.3, 0.4) is 0 Å². The number of rotatable bonds is 1. The van der Waals surface area contributed by atoms with Crippen molar-refractivity contribution in [2.75, 3.05) is 19.0 Å². The zero-order valence-electron chi connectivity index (χ0n) is 5.20. The molecule has 0 N–H and O–H groups in total. The number of hydrogen-bond donors (Lipinski definition) is 0. The van der Waals surface area contributed by atoms with Gasteiger partial charge in [-0.3, -0.25) is 10.1 Å². The summed E-state index contributed by atoms with van der Waals surface area (Å²) in [6.45, 7) is 2.09. The summed E-state index contributed by atoms with van der Waals surface area (Å²) >= 11 is 0. The van der Waals surface area contributed by atoms with E-state index in [0.717, 1.165) is 6.16 Å². The molecule has 1 unspecified atom stereocenters. The molecule has 4 heteroatoms. The zero-order chi connectivity index (χ0) is 6.85. The van der Waals surface area contributed by atoms with Crippen LogP contribution in [-0.4, -0.2) is 23.9 Å². The average Bonchev–Trinajstić information content (AvgIpc) is 2.14. The normalized spacial score (nSPS) is 25.9. The minimum Gasteiger partial charge on any atom is -0.259 e. The minimum atomic E-state index is -0.272. The molecule has 0 saturated heterocycles. The third-order valence-corrected chi connectivity index (χ3v) is 2.97. The van der Waals surface area contributed by atoms with Crippen LogP contribution in [0.5, 0.6) is 0 Å². The molecule has 0 aromatic heterocycles. The standard InChI is InChI=1S/C5H8NO2P/c1-9-3-2-5(4-9)6(7)8/h2H,3-4H2,1H3. The van der Waals surface area contributed by atoms with Crippen molar-refractivity contribution in [2.45, 2.75) is 0 Å². The van der Waals surface area contributed by atoms with Crippen LogP contribution in [-0.2, 0) is 0 Å². The SMILES string of the molecule is CP1CC=C([N+](=O)[O-])C1. The smallest absolute Gasteiger partial charge is 0.246 e. The first-order valence-corrected chi connectivity index (χ1v) is 4.88. The largest absolute Gasteiger partial charge is 0.259 e. The maximum atomic E-state index is 10.1. The van der Waals surface area contributed by atoms with E-state index in [1.807, 2.05) is 0 Å². The molecule has 0 aromatic carbocycles. The Morgan fingerprint density at radius 1 is 1.89 bits per heavy atom. The molecule has 1 aliphatic heterocycles. The van der Waals surface area contributed by atoms with Gasteiger partial charge in [0.05, 0.1) is 11.1 Å². The average molecular weight is 145 g/mol. The molecule has 1 rings (SSSR count). The number of hydrogen-bond acceptors (Lipinski definition) is 2. The number of allylic oxidation sites excluding steroid dienone is 2. The zero-order valence-corrected chi connectivity index (χ0v) is 6.10. The molecule has 0 amide bonds. The van der Waals surface area contributed by atoms with E-state index in [4.69, 9.17) is 0 Å². The molecule has 0 radical (unpaired) electrons. The molecule has 3 nitrogen and oxygen atoms in total. The Bertz CT molecular complexity index is 166. The van der Waals surface area contributed by atoms with Crippen LogP contribution in [0.2, 0.25) is 0 Å². The van der Waals surface area contributed by atoms with E-state index < -0.39 is 0 Å². The van der Waals surface area contributed by atoms with Gasteiger partial charge in [-0.25, -0.2) is 0 Å². The predicted octanol–water partition coefficient (Wildman–Crippen LogP) is 1.27. The van der Waals surface area contributed by atoms with Gasteiger partial charge in [-0.15, -0.1) is 0 Å². The number of nitrogens with zero attached hydrogens (tertiary/aromatic N) is 1. The van der Waals surface area contributed by atoms with Gasteiger partial charge < -0.3 is 0 Å². The lowest BCUT2D eigenvalue weighted by Gasteiger charge is -1.95. The monoisotopic (exact) mass is 145 g/mol. The lowest BCUT2D eigenvalue weighted by Crippen LogP contribution is -1.97. The molecule has 1 heterocycles. The quantitative estimate of drug-likeness (QED) is 0.317. The highest BCUT2D eigenvalue weighted by Gasteiger charge is 2.20.